The maximum Gasteiger partial charge on any atom is 0.198 e. The smallest absolute Gasteiger partial charge is 0.198 e. The molecule has 0 radical (unpaired) electrons. The van der Waals surface area contributed by atoms with Crippen molar-refractivity contribution in [2.45, 2.75) is 25.7 Å². The lowest BCUT2D eigenvalue weighted by Gasteiger charge is -2.14. The first-order valence-corrected chi connectivity index (χ1v) is 4.46. The van der Waals surface area contributed by atoms with Gasteiger partial charge in [-0.15, -0.1) is 0 Å². The van der Waals surface area contributed by atoms with Crippen molar-refractivity contribution in [1.82, 2.24) is 0 Å². The van der Waals surface area contributed by atoms with E-state index in [9.17, 15) is 5.21 Å². The topological polar surface area (TPSA) is 50.7 Å². The summed E-state index contributed by atoms with van der Waals surface area (Å²) in [7, 11) is 0. The van der Waals surface area contributed by atoms with Crippen LogP contribution in [0.3, 0.4) is 0 Å². The average molecular weight is 174 g/mol. The molecule has 0 aromatic carbocycles. The fourth-order valence-corrected chi connectivity index (χ4v) is 1.81. The Hall–Kier alpha value is -1.56. The van der Waals surface area contributed by atoms with Crippen LogP contribution in [-0.4, -0.2) is 0 Å². The van der Waals surface area contributed by atoms with E-state index < -0.39 is 0 Å². The highest BCUT2D eigenvalue weighted by Gasteiger charge is 2.18. The van der Waals surface area contributed by atoms with Gasteiger partial charge in [0.15, 0.2) is 11.9 Å². The molecule has 0 bridgehead atoms. The number of pyridine rings is 1. The number of aromatic nitrogens is 1. The van der Waals surface area contributed by atoms with E-state index in [-0.39, 0.29) is 0 Å². The SMILES string of the molecule is N#Cc1cc2c([n+]([O-])c1)CCCC2. The zero-order valence-electron chi connectivity index (χ0n) is 7.29. The first-order valence-electron chi connectivity index (χ1n) is 4.46. The summed E-state index contributed by atoms with van der Waals surface area (Å²) in [6.07, 6.45) is 5.37. The molecule has 1 aromatic heterocycles. The highest BCUT2D eigenvalue weighted by Crippen LogP contribution is 2.18. The van der Waals surface area contributed by atoms with Crippen LogP contribution in [0.4, 0.5) is 0 Å². The van der Waals surface area contributed by atoms with Crippen LogP contribution in [0, 0.1) is 16.5 Å². The van der Waals surface area contributed by atoms with Crippen LogP contribution in [-0.2, 0) is 12.8 Å². The van der Waals surface area contributed by atoms with Crippen molar-refractivity contribution in [2.75, 3.05) is 0 Å². The summed E-state index contributed by atoms with van der Waals surface area (Å²) >= 11 is 0. The summed E-state index contributed by atoms with van der Waals surface area (Å²) in [4.78, 5) is 0. The van der Waals surface area contributed by atoms with Gasteiger partial charge in [-0.2, -0.15) is 9.99 Å². The van der Waals surface area contributed by atoms with Crippen molar-refractivity contribution in [3.8, 4) is 6.07 Å². The Balaban J connectivity index is 2.54. The standard InChI is InChI=1S/C10H10N2O/c11-6-8-5-9-3-1-2-4-10(9)12(13)7-8/h5,7H,1-4H2. The Labute approximate surface area is 76.8 Å². The second-order valence-corrected chi connectivity index (χ2v) is 3.35. The normalized spacial score (nSPS) is 14.7. The highest BCUT2D eigenvalue weighted by molar-refractivity contribution is 5.31. The molecule has 0 aliphatic heterocycles. The zero-order valence-corrected chi connectivity index (χ0v) is 7.29. The quantitative estimate of drug-likeness (QED) is 0.436. The minimum atomic E-state index is 0.468. The van der Waals surface area contributed by atoms with Crippen LogP contribution < -0.4 is 4.73 Å². The van der Waals surface area contributed by atoms with Crippen molar-refractivity contribution in [2.24, 2.45) is 0 Å². The number of rotatable bonds is 0. The third kappa shape index (κ3) is 1.35. The van der Waals surface area contributed by atoms with Crippen molar-refractivity contribution in [3.05, 3.63) is 34.3 Å². The molecule has 3 heteroatoms. The minimum absolute atomic E-state index is 0.468. The van der Waals surface area contributed by atoms with Gasteiger partial charge in [-0.25, -0.2) is 0 Å². The molecule has 0 saturated heterocycles. The first kappa shape index (κ1) is 8.06. The third-order valence-corrected chi connectivity index (χ3v) is 2.46. The van der Waals surface area contributed by atoms with Gasteiger partial charge < -0.3 is 5.21 Å². The Morgan fingerprint density at radius 2 is 2.15 bits per heavy atom. The molecule has 13 heavy (non-hydrogen) atoms. The summed E-state index contributed by atoms with van der Waals surface area (Å²) < 4.78 is 0.854. The fourth-order valence-electron chi connectivity index (χ4n) is 1.81. The summed E-state index contributed by atoms with van der Waals surface area (Å²) in [6.45, 7) is 0. The molecule has 66 valence electrons. The van der Waals surface area contributed by atoms with Gasteiger partial charge in [0, 0.05) is 12.0 Å². The van der Waals surface area contributed by atoms with Gasteiger partial charge in [0.25, 0.3) is 0 Å². The maximum absolute atomic E-state index is 11.4. The van der Waals surface area contributed by atoms with E-state index in [0.717, 1.165) is 41.7 Å². The summed E-state index contributed by atoms with van der Waals surface area (Å²) in [5, 5.41) is 20.1. The first-order chi connectivity index (χ1) is 6.31. The lowest BCUT2D eigenvalue weighted by Crippen LogP contribution is -2.34. The van der Waals surface area contributed by atoms with Gasteiger partial charge in [-0.1, -0.05) is 0 Å². The van der Waals surface area contributed by atoms with Crippen molar-refractivity contribution >= 4 is 0 Å². The Bertz CT molecular complexity index is 379. The number of aryl methyl sites for hydroxylation is 1. The summed E-state index contributed by atoms with van der Waals surface area (Å²) in [6, 6.07) is 3.83. The molecule has 2 rings (SSSR count). The Morgan fingerprint density at radius 3 is 2.92 bits per heavy atom. The molecule has 0 atom stereocenters. The van der Waals surface area contributed by atoms with E-state index in [0.29, 0.717) is 5.56 Å². The number of nitriles is 1. The molecule has 0 spiro atoms. The minimum Gasteiger partial charge on any atom is -0.618 e. The molecule has 1 heterocycles. The van der Waals surface area contributed by atoms with Gasteiger partial charge in [-0.05, 0) is 25.3 Å². The van der Waals surface area contributed by atoms with Crippen LogP contribution in [0.15, 0.2) is 12.3 Å². The molecule has 0 amide bonds. The molecule has 0 N–H and O–H groups in total. The Kier molecular flexibility index (Phi) is 1.90. The molecule has 3 nitrogen and oxygen atoms in total. The molecular weight excluding hydrogens is 164 g/mol. The second kappa shape index (κ2) is 3.06. The van der Waals surface area contributed by atoms with E-state index in [1.54, 1.807) is 0 Å². The monoisotopic (exact) mass is 174 g/mol. The molecular formula is C10H10N2O. The highest BCUT2D eigenvalue weighted by atomic mass is 16.5. The molecule has 1 aliphatic rings. The van der Waals surface area contributed by atoms with Gasteiger partial charge in [0.05, 0.1) is 0 Å². The van der Waals surface area contributed by atoms with Gasteiger partial charge in [0.2, 0.25) is 0 Å². The third-order valence-electron chi connectivity index (χ3n) is 2.46. The number of nitrogens with zero attached hydrogens (tertiary/aromatic N) is 2. The molecule has 0 fully saturated rings. The van der Waals surface area contributed by atoms with E-state index in [4.69, 9.17) is 5.26 Å². The average Bonchev–Trinajstić information content (AvgIpc) is 2.18. The van der Waals surface area contributed by atoms with Crippen LogP contribution >= 0.6 is 0 Å². The van der Waals surface area contributed by atoms with Crippen molar-refractivity contribution in [1.29, 1.82) is 5.26 Å². The number of hydrogen-bond acceptors (Lipinski definition) is 2. The van der Waals surface area contributed by atoms with Gasteiger partial charge in [0.1, 0.15) is 11.6 Å². The lowest BCUT2D eigenvalue weighted by molar-refractivity contribution is -0.615. The molecule has 0 saturated carbocycles. The van der Waals surface area contributed by atoms with E-state index >= 15 is 0 Å². The molecule has 1 aromatic rings. The van der Waals surface area contributed by atoms with E-state index in [1.165, 1.54) is 6.20 Å². The zero-order chi connectivity index (χ0) is 9.26. The van der Waals surface area contributed by atoms with Crippen LogP contribution in [0.5, 0.6) is 0 Å². The largest absolute Gasteiger partial charge is 0.618 e. The molecule has 1 aliphatic carbocycles. The fraction of sp³-hybridized carbons (Fsp3) is 0.400. The number of fused-ring (bicyclic) bond motifs is 1. The Morgan fingerprint density at radius 1 is 1.38 bits per heavy atom. The summed E-state index contributed by atoms with van der Waals surface area (Å²) in [5.41, 5.74) is 2.38. The van der Waals surface area contributed by atoms with Crippen molar-refractivity contribution < 1.29 is 4.73 Å². The predicted molar refractivity (Wildman–Crippen MR) is 46.8 cm³/mol. The van der Waals surface area contributed by atoms with Gasteiger partial charge in [-0.3, -0.25) is 0 Å². The van der Waals surface area contributed by atoms with Gasteiger partial charge >= 0.3 is 0 Å². The van der Waals surface area contributed by atoms with Crippen molar-refractivity contribution in [3.63, 3.8) is 0 Å². The van der Waals surface area contributed by atoms with E-state index in [1.807, 2.05) is 12.1 Å². The maximum atomic E-state index is 11.4. The summed E-state index contributed by atoms with van der Waals surface area (Å²) in [5.74, 6) is 0. The molecule has 0 unspecified atom stereocenters. The van der Waals surface area contributed by atoms with Crippen LogP contribution in [0.25, 0.3) is 0 Å². The van der Waals surface area contributed by atoms with Crippen LogP contribution in [0.2, 0.25) is 0 Å². The second-order valence-electron chi connectivity index (χ2n) is 3.35. The van der Waals surface area contributed by atoms with Crippen LogP contribution in [0.1, 0.15) is 29.7 Å². The van der Waals surface area contributed by atoms with E-state index in [2.05, 4.69) is 0 Å². The number of hydrogen-bond donors (Lipinski definition) is 0. The lowest BCUT2D eigenvalue weighted by atomic mass is 9.95. The predicted octanol–water partition coefficient (Wildman–Crippen LogP) is 1.07.